The molecule has 5 heteroatoms. The lowest BCUT2D eigenvalue weighted by atomic mass is 9.90. The molecule has 0 saturated carbocycles. The molecule has 0 bridgehead atoms. The van der Waals surface area contributed by atoms with Gasteiger partial charge in [-0.15, -0.1) is 0 Å². The van der Waals surface area contributed by atoms with Crippen LogP contribution in [0.4, 0.5) is 0 Å². The van der Waals surface area contributed by atoms with E-state index in [0.717, 1.165) is 32.5 Å². The largest absolute Gasteiger partial charge is 0.374 e. The Morgan fingerprint density at radius 3 is 3.32 bits per heavy atom. The lowest BCUT2D eigenvalue weighted by molar-refractivity contribution is -0.0700. The minimum absolute atomic E-state index is 0.197. The van der Waals surface area contributed by atoms with Crippen molar-refractivity contribution in [2.75, 3.05) is 24.7 Å². The van der Waals surface area contributed by atoms with Gasteiger partial charge in [0.25, 0.3) is 0 Å². The van der Waals surface area contributed by atoms with Crippen LogP contribution < -0.4 is 5.32 Å². The van der Waals surface area contributed by atoms with E-state index in [9.17, 15) is 0 Å². The van der Waals surface area contributed by atoms with E-state index in [2.05, 4.69) is 10.4 Å². The van der Waals surface area contributed by atoms with Crippen molar-refractivity contribution in [1.82, 2.24) is 15.1 Å². The van der Waals surface area contributed by atoms with Crippen LogP contribution in [0.15, 0.2) is 18.5 Å². The summed E-state index contributed by atoms with van der Waals surface area (Å²) in [6.07, 6.45) is 8.60. The second kappa shape index (κ2) is 6.29. The van der Waals surface area contributed by atoms with Crippen molar-refractivity contribution >= 4 is 11.8 Å². The molecule has 1 N–H and O–H groups in total. The van der Waals surface area contributed by atoms with Gasteiger partial charge in [0.1, 0.15) is 0 Å². The smallest absolute Gasteiger partial charge is 0.0795 e. The summed E-state index contributed by atoms with van der Waals surface area (Å²) in [6.45, 7) is 3.01. The molecule has 0 amide bonds. The van der Waals surface area contributed by atoms with Crippen molar-refractivity contribution in [3.63, 3.8) is 0 Å². The Hall–Kier alpha value is -0.520. The van der Waals surface area contributed by atoms with Gasteiger partial charge in [0.2, 0.25) is 0 Å². The molecule has 19 heavy (non-hydrogen) atoms. The second-order valence-electron chi connectivity index (χ2n) is 5.60. The summed E-state index contributed by atoms with van der Waals surface area (Å²) in [5.41, 5.74) is 0.197. The van der Waals surface area contributed by atoms with Crippen molar-refractivity contribution in [2.24, 2.45) is 0 Å². The van der Waals surface area contributed by atoms with E-state index in [1.165, 1.54) is 24.3 Å². The van der Waals surface area contributed by atoms with E-state index >= 15 is 0 Å². The van der Waals surface area contributed by atoms with Gasteiger partial charge in [-0.25, -0.2) is 0 Å². The number of ether oxygens (including phenoxy) is 1. The average molecular weight is 281 g/mol. The first-order valence-corrected chi connectivity index (χ1v) is 8.44. The van der Waals surface area contributed by atoms with Crippen molar-refractivity contribution in [1.29, 1.82) is 0 Å². The normalized spacial score (nSPS) is 31.1. The predicted molar refractivity (Wildman–Crippen MR) is 78.5 cm³/mol. The molecule has 106 valence electrons. The molecule has 2 aliphatic rings. The minimum atomic E-state index is 0.197. The summed E-state index contributed by atoms with van der Waals surface area (Å²) in [7, 11) is 0. The van der Waals surface area contributed by atoms with Crippen LogP contribution in [-0.2, 0) is 11.3 Å². The van der Waals surface area contributed by atoms with Gasteiger partial charge < -0.3 is 10.1 Å². The first-order valence-electron chi connectivity index (χ1n) is 7.29. The third-order valence-corrected chi connectivity index (χ3v) is 5.34. The van der Waals surface area contributed by atoms with Crippen LogP contribution in [0.1, 0.15) is 25.7 Å². The van der Waals surface area contributed by atoms with E-state index in [1.54, 1.807) is 0 Å². The first kappa shape index (κ1) is 13.5. The highest BCUT2D eigenvalue weighted by atomic mass is 32.2. The maximum Gasteiger partial charge on any atom is 0.0795 e. The quantitative estimate of drug-likeness (QED) is 0.837. The van der Waals surface area contributed by atoms with Crippen LogP contribution in [0.5, 0.6) is 0 Å². The van der Waals surface area contributed by atoms with Gasteiger partial charge in [-0.1, -0.05) is 0 Å². The fourth-order valence-corrected chi connectivity index (χ4v) is 4.42. The molecule has 0 radical (unpaired) electrons. The SMILES string of the molecule is c1cnn(CCCNC2CCOC3(CCSC3)C2)c1. The van der Waals surface area contributed by atoms with Gasteiger partial charge in [-0.2, -0.15) is 16.9 Å². The number of aryl methyl sites for hydroxylation is 1. The molecule has 1 spiro atoms. The number of nitrogens with zero attached hydrogens (tertiary/aromatic N) is 2. The molecule has 4 nitrogen and oxygen atoms in total. The van der Waals surface area contributed by atoms with Crippen molar-refractivity contribution in [3.05, 3.63) is 18.5 Å². The highest BCUT2D eigenvalue weighted by molar-refractivity contribution is 7.99. The molecule has 0 aliphatic carbocycles. The Labute approximate surface area is 119 Å². The summed E-state index contributed by atoms with van der Waals surface area (Å²) in [5, 5.41) is 7.93. The lowest BCUT2D eigenvalue weighted by Crippen LogP contribution is -2.47. The molecule has 1 aromatic heterocycles. The molecule has 3 heterocycles. The van der Waals surface area contributed by atoms with Crippen LogP contribution in [0.2, 0.25) is 0 Å². The predicted octanol–water partition coefficient (Wildman–Crippen LogP) is 1.92. The topological polar surface area (TPSA) is 39.1 Å². The summed E-state index contributed by atoms with van der Waals surface area (Å²) >= 11 is 2.04. The highest BCUT2D eigenvalue weighted by Gasteiger charge is 2.40. The van der Waals surface area contributed by atoms with Crippen LogP contribution in [-0.4, -0.2) is 46.1 Å². The summed E-state index contributed by atoms with van der Waals surface area (Å²) in [5.74, 6) is 2.46. The molecule has 2 aliphatic heterocycles. The van der Waals surface area contributed by atoms with Gasteiger partial charge in [-0.3, -0.25) is 4.68 Å². The van der Waals surface area contributed by atoms with Gasteiger partial charge in [0.05, 0.1) is 5.60 Å². The fourth-order valence-electron chi connectivity index (χ4n) is 3.05. The average Bonchev–Trinajstić information content (AvgIpc) is 3.07. The van der Waals surface area contributed by atoms with Crippen LogP contribution in [0, 0.1) is 0 Å². The van der Waals surface area contributed by atoms with Crippen LogP contribution >= 0.6 is 11.8 Å². The maximum absolute atomic E-state index is 6.05. The first-order chi connectivity index (χ1) is 9.36. The molecule has 0 aromatic carbocycles. The summed E-state index contributed by atoms with van der Waals surface area (Å²) < 4.78 is 8.05. The number of nitrogens with one attached hydrogen (secondary N) is 1. The Morgan fingerprint density at radius 1 is 1.53 bits per heavy atom. The lowest BCUT2D eigenvalue weighted by Gasteiger charge is -2.38. The number of hydrogen-bond acceptors (Lipinski definition) is 4. The van der Waals surface area contributed by atoms with Gasteiger partial charge in [0.15, 0.2) is 0 Å². The van der Waals surface area contributed by atoms with Crippen molar-refractivity contribution in [3.8, 4) is 0 Å². The van der Waals surface area contributed by atoms with Gasteiger partial charge in [-0.05, 0) is 44.0 Å². The van der Waals surface area contributed by atoms with E-state index in [-0.39, 0.29) is 5.60 Å². The van der Waals surface area contributed by atoms with Crippen LogP contribution in [0.3, 0.4) is 0 Å². The monoisotopic (exact) mass is 281 g/mol. The summed E-state index contributed by atoms with van der Waals surface area (Å²) in [4.78, 5) is 0. The fraction of sp³-hybridized carbons (Fsp3) is 0.786. The number of aromatic nitrogens is 2. The standard InChI is InChI=1S/C14H23N3OS/c1(7-17-8-2-6-16-17)5-15-13-3-9-18-14(11-13)4-10-19-12-14/h2,6,8,13,15H,1,3-5,7,9-12H2. The molecule has 2 atom stereocenters. The Balaban J connectivity index is 1.38. The molecule has 2 saturated heterocycles. The van der Waals surface area contributed by atoms with Gasteiger partial charge >= 0.3 is 0 Å². The Bertz CT molecular complexity index is 376. The van der Waals surface area contributed by atoms with E-state index < -0.39 is 0 Å². The zero-order valence-corrected chi connectivity index (χ0v) is 12.2. The Morgan fingerprint density at radius 2 is 2.53 bits per heavy atom. The number of hydrogen-bond donors (Lipinski definition) is 1. The maximum atomic E-state index is 6.05. The molecular weight excluding hydrogens is 258 g/mol. The second-order valence-corrected chi connectivity index (χ2v) is 6.71. The van der Waals surface area contributed by atoms with E-state index in [4.69, 9.17) is 4.74 Å². The number of rotatable bonds is 5. The van der Waals surface area contributed by atoms with E-state index in [0.29, 0.717) is 6.04 Å². The molecule has 3 rings (SSSR count). The molecular formula is C14H23N3OS. The minimum Gasteiger partial charge on any atom is -0.374 e. The zero-order chi connectivity index (χ0) is 13.0. The third kappa shape index (κ3) is 3.52. The highest BCUT2D eigenvalue weighted by Crippen LogP contribution is 2.38. The zero-order valence-electron chi connectivity index (χ0n) is 11.4. The van der Waals surface area contributed by atoms with Gasteiger partial charge in [0, 0.05) is 37.3 Å². The third-order valence-electron chi connectivity index (χ3n) is 4.12. The van der Waals surface area contributed by atoms with E-state index in [1.807, 2.05) is 34.9 Å². The molecule has 1 aromatic rings. The van der Waals surface area contributed by atoms with Crippen molar-refractivity contribution < 1.29 is 4.74 Å². The Kier molecular flexibility index (Phi) is 4.45. The van der Waals surface area contributed by atoms with Crippen molar-refractivity contribution in [2.45, 2.75) is 43.9 Å². The van der Waals surface area contributed by atoms with Crippen LogP contribution in [0.25, 0.3) is 0 Å². The summed E-state index contributed by atoms with van der Waals surface area (Å²) in [6, 6.07) is 2.62. The number of thioether (sulfide) groups is 1. The molecule has 2 unspecified atom stereocenters. The molecule has 2 fully saturated rings.